The maximum absolute atomic E-state index is 2.93. The van der Waals surface area contributed by atoms with Gasteiger partial charge in [0.1, 0.15) is 0 Å². The van der Waals surface area contributed by atoms with Crippen molar-refractivity contribution in [1.82, 2.24) is 0 Å². The van der Waals surface area contributed by atoms with E-state index in [0.29, 0.717) is 11.8 Å². The van der Waals surface area contributed by atoms with Gasteiger partial charge in [0.2, 0.25) is 0 Å². The van der Waals surface area contributed by atoms with Crippen LogP contribution in [-0.2, 0) is 0 Å². The predicted octanol–water partition coefficient (Wildman–Crippen LogP) is 12.1. The van der Waals surface area contributed by atoms with Crippen molar-refractivity contribution in [3.05, 3.63) is 58.1 Å². The molecule has 7 heteroatoms. The molecule has 0 spiro atoms. The quantitative estimate of drug-likeness (QED) is 0.176. The third-order valence-electron chi connectivity index (χ3n) is 10.00. The predicted molar refractivity (Wildman–Crippen MR) is 234 cm³/mol. The molecule has 46 heavy (non-hydrogen) atoms. The normalized spacial score (nSPS) is 14.5. The van der Waals surface area contributed by atoms with Gasteiger partial charge in [-0.15, -0.1) is 0 Å². The first kappa shape index (κ1) is 42.7. The van der Waals surface area contributed by atoms with Crippen LogP contribution in [0.2, 0.25) is 118 Å². The summed E-state index contributed by atoms with van der Waals surface area (Å²) in [5, 5.41) is 2.33. The zero-order chi connectivity index (χ0) is 36.2. The molecule has 0 heterocycles. The fourth-order valence-corrected chi connectivity index (χ4v) is 55.6. The van der Waals surface area contributed by atoms with E-state index < -0.39 is 69.6 Å². The van der Waals surface area contributed by atoms with Crippen LogP contribution in [0.1, 0.15) is 82.8 Å². The van der Waals surface area contributed by atoms with Crippen LogP contribution in [0.25, 0.3) is 0 Å². The molecule has 0 aliphatic rings. The second-order valence-electron chi connectivity index (χ2n) is 21.8. The van der Waals surface area contributed by atoms with Gasteiger partial charge in [-0.25, -0.2) is 0 Å². The average Bonchev–Trinajstić information content (AvgIpc) is 2.75. The van der Waals surface area contributed by atoms with Gasteiger partial charge in [0, 0.05) is 0 Å². The average molecular weight is 832 g/mol. The minimum absolute atomic E-state index is 0.568. The van der Waals surface area contributed by atoms with E-state index >= 15 is 0 Å². The molecular weight excluding hydrogens is 756 g/mol. The van der Waals surface area contributed by atoms with Crippen molar-refractivity contribution < 1.29 is 0 Å². The fourth-order valence-electron chi connectivity index (χ4n) is 10.1. The van der Waals surface area contributed by atoms with Gasteiger partial charge in [0.05, 0.1) is 0 Å². The van der Waals surface area contributed by atoms with Crippen LogP contribution in [0.3, 0.4) is 0 Å². The molecular formula is C39H76Si6Sn. The van der Waals surface area contributed by atoms with E-state index in [9.17, 15) is 0 Å². The van der Waals surface area contributed by atoms with E-state index in [2.05, 4.69) is 176 Å². The van der Waals surface area contributed by atoms with Crippen LogP contribution in [-0.4, -0.2) is 69.6 Å². The Bertz CT molecular complexity index is 1210. The third kappa shape index (κ3) is 10.3. The van der Waals surface area contributed by atoms with E-state index in [0.717, 1.165) is 15.5 Å². The molecule has 0 bridgehead atoms. The molecule has 0 saturated carbocycles. The van der Waals surface area contributed by atoms with Crippen molar-refractivity contribution in [3.63, 3.8) is 0 Å². The maximum atomic E-state index is 2.93. The second-order valence-corrected chi connectivity index (χ2v) is 59.0. The number of benzene rings is 2. The van der Waals surface area contributed by atoms with E-state index in [-0.39, 0.29) is 0 Å². The molecule has 0 aliphatic carbocycles. The topological polar surface area (TPSA) is 0 Å². The van der Waals surface area contributed by atoms with Gasteiger partial charge in [0.15, 0.2) is 0 Å². The van der Waals surface area contributed by atoms with Crippen LogP contribution in [0.5, 0.6) is 0 Å². The van der Waals surface area contributed by atoms with Gasteiger partial charge >= 0.3 is 308 Å². The van der Waals surface area contributed by atoms with Crippen molar-refractivity contribution in [1.29, 1.82) is 0 Å². The number of rotatable bonds is 13. The van der Waals surface area contributed by atoms with Gasteiger partial charge in [-0.05, 0) is 0 Å². The molecule has 0 unspecified atom stereocenters. The van der Waals surface area contributed by atoms with Crippen LogP contribution >= 0.6 is 0 Å². The summed E-state index contributed by atoms with van der Waals surface area (Å²) < 4.78 is 3.75. The summed E-state index contributed by atoms with van der Waals surface area (Å²) in [5.74, 6) is 1.14. The molecule has 0 N–H and O–H groups in total. The van der Waals surface area contributed by atoms with Gasteiger partial charge < -0.3 is 0 Å². The summed E-state index contributed by atoms with van der Waals surface area (Å²) >= 11 is -1.17. The summed E-state index contributed by atoms with van der Waals surface area (Å²) in [5.41, 5.74) is 8.84. The van der Waals surface area contributed by atoms with Crippen LogP contribution < -0.4 is 7.16 Å². The summed E-state index contributed by atoms with van der Waals surface area (Å²) in [4.78, 5) is 0. The molecule has 260 valence electrons. The van der Waals surface area contributed by atoms with Crippen molar-refractivity contribution >= 4 is 76.7 Å². The fraction of sp³-hybridized carbons (Fsp3) is 0.692. The standard InChI is InChI=1S/C27H59Si6.C12H17.Sn/c1-28(2,3)25(29(4,5)6)22-19-23(26(30(7,8)9)31(10,11)12)21-24(20-22)27(32(13,14)15)33(16,17)18;1-9(2)11-6-5-7-12(8-11)10(3)4;/h19-20,25-27H,1-18H3;5-7,9-10H,1-4H3;. The molecule has 0 amide bonds. The molecule has 0 fully saturated rings. The van der Waals surface area contributed by atoms with Crippen molar-refractivity contribution in [3.8, 4) is 0 Å². The first-order valence-corrected chi connectivity index (χ1v) is 42.7. The summed E-state index contributed by atoms with van der Waals surface area (Å²) in [6.07, 6.45) is 0. The van der Waals surface area contributed by atoms with E-state index in [1.807, 2.05) is 18.3 Å². The zero-order valence-corrected chi connectivity index (χ0v) is 43.6. The Morgan fingerprint density at radius 2 is 0.652 bits per heavy atom. The molecule has 2 aromatic carbocycles. The molecule has 2 aromatic rings. The number of hydrogen-bond acceptors (Lipinski definition) is 0. The first-order chi connectivity index (χ1) is 20.3. The summed E-state index contributed by atoms with van der Waals surface area (Å²) in [6, 6.07) is 13.2. The van der Waals surface area contributed by atoms with Crippen LogP contribution in [0, 0.1) is 0 Å². The Hall–Kier alpha value is 0.540. The Kier molecular flexibility index (Phi) is 13.6. The third-order valence-corrected chi connectivity index (χ3v) is 42.6. The Balaban J connectivity index is 3.44. The SMILES string of the molecule is CC(C)c1cccc(C(C)C)[c]1[Sn][c]1c(C([Si](C)(C)C)[Si](C)(C)C)cc(C([Si](C)(C)C)[Si](C)(C)C)cc1C([Si](C)(C)C)[Si](C)(C)C. The van der Waals surface area contributed by atoms with Gasteiger partial charge in [-0.3, -0.25) is 0 Å². The van der Waals surface area contributed by atoms with Crippen molar-refractivity contribution in [2.24, 2.45) is 0 Å². The summed E-state index contributed by atoms with van der Waals surface area (Å²) in [6.45, 7) is 58.4. The second kappa shape index (κ2) is 14.6. The van der Waals surface area contributed by atoms with Crippen LogP contribution in [0.4, 0.5) is 0 Å². The molecule has 0 saturated heterocycles. The minimum atomic E-state index is -1.55. The molecule has 0 atom stereocenters. The zero-order valence-electron chi connectivity index (χ0n) is 34.8. The first-order valence-electron chi connectivity index (χ1n) is 18.4. The van der Waals surface area contributed by atoms with Crippen molar-refractivity contribution in [2.75, 3.05) is 0 Å². The van der Waals surface area contributed by atoms with Gasteiger partial charge in [-0.2, -0.15) is 0 Å². The molecule has 0 aliphatic heterocycles. The molecule has 2 rings (SSSR count). The van der Waals surface area contributed by atoms with Crippen LogP contribution in [0.15, 0.2) is 30.3 Å². The Morgan fingerprint density at radius 1 is 0.391 bits per heavy atom. The van der Waals surface area contributed by atoms with Gasteiger partial charge in [-0.1, -0.05) is 0 Å². The van der Waals surface area contributed by atoms with E-state index in [1.54, 1.807) is 16.7 Å². The van der Waals surface area contributed by atoms with E-state index in [1.165, 1.54) is 0 Å². The van der Waals surface area contributed by atoms with Crippen molar-refractivity contribution in [2.45, 2.75) is 173 Å². The number of hydrogen-bond donors (Lipinski definition) is 0. The summed E-state index contributed by atoms with van der Waals surface area (Å²) in [7, 11) is -9.15. The molecule has 2 radical (unpaired) electrons. The Morgan fingerprint density at radius 3 is 0.891 bits per heavy atom. The monoisotopic (exact) mass is 832 g/mol. The van der Waals surface area contributed by atoms with E-state index in [4.69, 9.17) is 0 Å². The molecule has 0 nitrogen and oxygen atoms in total. The Labute approximate surface area is 305 Å². The molecule has 0 aromatic heterocycles. The van der Waals surface area contributed by atoms with Gasteiger partial charge in [0.25, 0.3) is 0 Å².